The zero-order valence-electron chi connectivity index (χ0n) is 16.7. The molecule has 2 atom stereocenters. The molecule has 2 heterocycles. The molecule has 0 amide bonds. The molecule has 0 radical (unpaired) electrons. The van der Waals surface area contributed by atoms with E-state index in [9.17, 15) is 4.39 Å². The van der Waals surface area contributed by atoms with Gasteiger partial charge in [-0.25, -0.2) is 9.37 Å². The molecule has 0 bridgehead atoms. The summed E-state index contributed by atoms with van der Waals surface area (Å²) < 4.78 is 13.9. The Morgan fingerprint density at radius 2 is 2.23 bits per heavy atom. The first kappa shape index (κ1) is 20.4. The lowest BCUT2D eigenvalue weighted by Crippen LogP contribution is -2.49. The monoisotopic (exact) mass is 364 g/mol. The van der Waals surface area contributed by atoms with E-state index in [1.165, 1.54) is 6.07 Å². The standard InChI is InChI=1S/C19H33FN6/c1-14(2)11-16(25(4)5)12-23-19(21-3)24-15-8-10-26(13-15)18-17(20)7-6-9-22-18/h6-7,9,14-16H,8,10-13H2,1-5H3,(H2,21,23,24). The highest BCUT2D eigenvalue weighted by molar-refractivity contribution is 5.80. The average molecular weight is 365 g/mol. The van der Waals surface area contributed by atoms with Crippen molar-refractivity contribution in [3.05, 3.63) is 24.1 Å². The molecule has 26 heavy (non-hydrogen) atoms. The van der Waals surface area contributed by atoms with Crippen LogP contribution in [0.2, 0.25) is 0 Å². The van der Waals surface area contributed by atoms with Gasteiger partial charge in [0.1, 0.15) is 0 Å². The molecule has 1 aromatic heterocycles. The lowest BCUT2D eigenvalue weighted by molar-refractivity contribution is 0.254. The Kier molecular flexibility index (Phi) is 7.63. The molecule has 6 nitrogen and oxygen atoms in total. The lowest BCUT2D eigenvalue weighted by atomic mass is 10.0. The predicted octanol–water partition coefficient (Wildman–Crippen LogP) is 1.94. The van der Waals surface area contributed by atoms with Crippen LogP contribution in [0.3, 0.4) is 0 Å². The summed E-state index contributed by atoms with van der Waals surface area (Å²) in [5.74, 6) is 1.62. The topological polar surface area (TPSA) is 55.8 Å². The van der Waals surface area contributed by atoms with Crippen LogP contribution < -0.4 is 15.5 Å². The van der Waals surface area contributed by atoms with Crippen molar-refractivity contribution in [1.82, 2.24) is 20.5 Å². The van der Waals surface area contributed by atoms with Gasteiger partial charge in [-0.1, -0.05) is 13.8 Å². The molecule has 2 unspecified atom stereocenters. The summed E-state index contributed by atoms with van der Waals surface area (Å²) in [5, 5.41) is 6.90. The van der Waals surface area contributed by atoms with Gasteiger partial charge in [0.05, 0.1) is 0 Å². The zero-order chi connectivity index (χ0) is 19.1. The second kappa shape index (κ2) is 9.71. The fourth-order valence-electron chi connectivity index (χ4n) is 3.30. The molecule has 1 aliphatic heterocycles. The minimum Gasteiger partial charge on any atom is -0.355 e. The van der Waals surface area contributed by atoms with Gasteiger partial charge in [0.25, 0.3) is 0 Å². The summed E-state index contributed by atoms with van der Waals surface area (Å²) in [5.41, 5.74) is 0. The van der Waals surface area contributed by atoms with Crippen molar-refractivity contribution in [3.8, 4) is 0 Å². The molecule has 0 aromatic carbocycles. The van der Waals surface area contributed by atoms with Crippen molar-refractivity contribution in [2.75, 3.05) is 45.7 Å². The maximum absolute atomic E-state index is 13.9. The smallest absolute Gasteiger partial charge is 0.191 e. The summed E-state index contributed by atoms with van der Waals surface area (Å²) in [7, 11) is 6.01. The Bertz CT molecular complexity index is 589. The number of pyridine rings is 1. The van der Waals surface area contributed by atoms with Crippen molar-refractivity contribution >= 4 is 11.8 Å². The van der Waals surface area contributed by atoms with Crippen LogP contribution in [0.4, 0.5) is 10.2 Å². The summed E-state index contributed by atoms with van der Waals surface area (Å²) in [6, 6.07) is 3.76. The van der Waals surface area contributed by atoms with Crippen LogP contribution in [0.15, 0.2) is 23.3 Å². The van der Waals surface area contributed by atoms with Crippen molar-refractivity contribution in [2.45, 2.75) is 38.8 Å². The second-order valence-corrected chi connectivity index (χ2v) is 7.58. The molecular weight excluding hydrogens is 331 g/mol. The van der Waals surface area contributed by atoms with Gasteiger partial charge < -0.3 is 20.4 Å². The third kappa shape index (κ3) is 5.83. The Morgan fingerprint density at radius 3 is 2.85 bits per heavy atom. The van der Waals surface area contributed by atoms with E-state index < -0.39 is 0 Å². The summed E-state index contributed by atoms with van der Waals surface area (Å²) in [4.78, 5) is 12.8. The average Bonchev–Trinajstić information content (AvgIpc) is 3.05. The fourth-order valence-corrected chi connectivity index (χ4v) is 3.30. The molecule has 2 rings (SSSR count). The van der Waals surface area contributed by atoms with Crippen LogP contribution in [0.25, 0.3) is 0 Å². The number of aromatic nitrogens is 1. The van der Waals surface area contributed by atoms with Crippen molar-refractivity contribution in [1.29, 1.82) is 0 Å². The van der Waals surface area contributed by atoms with Crippen LogP contribution in [0, 0.1) is 11.7 Å². The van der Waals surface area contributed by atoms with E-state index in [1.807, 2.05) is 4.90 Å². The quantitative estimate of drug-likeness (QED) is 0.572. The summed E-state index contributed by atoms with van der Waals surface area (Å²) >= 11 is 0. The molecule has 1 aliphatic rings. The number of anilines is 1. The molecule has 2 N–H and O–H groups in total. The van der Waals surface area contributed by atoms with E-state index in [4.69, 9.17) is 0 Å². The molecule has 146 valence electrons. The number of aliphatic imine (C=N–C) groups is 1. The minimum absolute atomic E-state index is 0.227. The van der Waals surface area contributed by atoms with E-state index in [1.54, 1.807) is 19.3 Å². The SMILES string of the molecule is CN=C(NCC(CC(C)C)N(C)C)NC1CCN(c2ncccc2F)C1. The largest absolute Gasteiger partial charge is 0.355 e. The molecule has 1 saturated heterocycles. The number of rotatable bonds is 7. The number of hydrogen-bond acceptors (Lipinski definition) is 4. The Balaban J connectivity index is 1.86. The van der Waals surface area contributed by atoms with Crippen LogP contribution >= 0.6 is 0 Å². The third-order valence-electron chi connectivity index (χ3n) is 4.77. The number of hydrogen-bond donors (Lipinski definition) is 2. The number of guanidine groups is 1. The maximum atomic E-state index is 13.9. The second-order valence-electron chi connectivity index (χ2n) is 7.58. The van der Waals surface area contributed by atoms with E-state index in [0.29, 0.717) is 17.8 Å². The normalized spacial score (nSPS) is 19.3. The van der Waals surface area contributed by atoms with Crippen LogP contribution in [0.1, 0.15) is 26.7 Å². The first-order valence-corrected chi connectivity index (χ1v) is 9.39. The number of nitrogens with one attached hydrogen (secondary N) is 2. The molecule has 0 aliphatic carbocycles. The summed E-state index contributed by atoms with van der Waals surface area (Å²) in [6.45, 7) is 6.84. The van der Waals surface area contributed by atoms with Gasteiger partial charge in [-0.05, 0) is 45.0 Å². The van der Waals surface area contributed by atoms with E-state index in [-0.39, 0.29) is 11.9 Å². The van der Waals surface area contributed by atoms with Crippen LogP contribution in [-0.4, -0.2) is 68.7 Å². The molecule has 7 heteroatoms. The van der Waals surface area contributed by atoms with Gasteiger partial charge in [-0.2, -0.15) is 0 Å². The van der Waals surface area contributed by atoms with Crippen molar-refractivity contribution in [2.24, 2.45) is 10.9 Å². The van der Waals surface area contributed by atoms with E-state index >= 15 is 0 Å². The third-order valence-corrected chi connectivity index (χ3v) is 4.77. The predicted molar refractivity (Wildman–Crippen MR) is 106 cm³/mol. The molecule has 1 aromatic rings. The Morgan fingerprint density at radius 1 is 1.46 bits per heavy atom. The summed E-state index contributed by atoms with van der Waals surface area (Å²) in [6.07, 6.45) is 3.70. The number of likely N-dealkylation sites (N-methyl/N-ethyl adjacent to an activating group) is 1. The zero-order valence-corrected chi connectivity index (χ0v) is 16.7. The van der Waals surface area contributed by atoms with E-state index in [2.05, 4.69) is 53.5 Å². The van der Waals surface area contributed by atoms with Gasteiger partial charge in [-0.3, -0.25) is 4.99 Å². The van der Waals surface area contributed by atoms with Gasteiger partial charge in [0, 0.05) is 45.0 Å². The molecule has 0 spiro atoms. The highest BCUT2D eigenvalue weighted by Gasteiger charge is 2.26. The van der Waals surface area contributed by atoms with Crippen LogP contribution in [-0.2, 0) is 0 Å². The highest BCUT2D eigenvalue weighted by Crippen LogP contribution is 2.20. The van der Waals surface area contributed by atoms with Crippen LogP contribution in [0.5, 0.6) is 0 Å². The van der Waals surface area contributed by atoms with E-state index in [0.717, 1.165) is 38.4 Å². The van der Waals surface area contributed by atoms with Gasteiger partial charge >= 0.3 is 0 Å². The highest BCUT2D eigenvalue weighted by atomic mass is 19.1. The van der Waals surface area contributed by atoms with Crippen molar-refractivity contribution in [3.63, 3.8) is 0 Å². The number of nitrogens with zero attached hydrogens (tertiary/aromatic N) is 4. The minimum atomic E-state index is -0.266. The first-order valence-electron chi connectivity index (χ1n) is 9.39. The number of halogens is 1. The lowest BCUT2D eigenvalue weighted by Gasteiger charge is -2.27. The molecular formula is C19H33FN6. The van der Waals surface area contributed by atoms with Gasteiger partial charge in [0.15, 0.2) is 17.6 Å². The molecule has 0 saturated carbocycles. The molecule has 1 fully saturated rings. The van der Waals surface area contributed by atoms with Gasteiger partial charge in [0.2, 0.25) is 0 Å². The fraction of sp³-hybridized carbons (Fsp3) is 0.684. The Hall–Kier alpha value is -1.89. The van der Waals surface area contributed by atoms with Crippen molar-refractivity contribution < 1.29 is 4.39 Å². The van der Waals surface area contributed by atoms with Gasteiger partial charge in [-0.15, -0.1) is 0 Å². The first-order chi connectivity index (χ1) is 12.4. The maximum Gasteiger partial charge on any atom is 0.191 e. The Labute approximate surface area is 156 Å².